The quantitative estimate of drug-likeness (QED) is 0.485. The number of nitrogens with zero attached hydrogens (tertiary/aromatic N) is 1. The lowest BCUT2D eigenvalue weighted by Crippen LogP contribution is -2.41. The number of benzene rings is 2. The van der Waals surface area contributed by atoms with Crippen molar-refractivity contribution in [1.82, 2.24) is 10.2 Å². The fraction of sp³-hybridized carbons (Fsp3) is 0.538. The number of hydrogen-bond acceptors (Lipinski definition) is 3. The van der Waals surface area contributed by atoms with Crippen LogP contribution < -0.4 is 10.1 Å². The van der Waals surface area contributed by atoms with E-state index in [4.69, 9.17) is 4.74 Å². The Hall–Kier alpha value is -1.84. The topological polar surface area (TPSA) is 24.5 Å². The second-order valence-corrected chi connectivity index (χ2v) is 8.25. The largest absolute Gasteiger partial charge is 0.489 e. The molecule has 1 fully saturated rings. The molecule has 1 aliphatic carbocycles. The Morgan fingerprint density at radius 2 is 1.62 bits per heavy atom. The van der Waals surface area contributed by atoms with Gasteiger partial charge in [0.05, 0.1) is 0 Å². The van der Waals surface area contributed by atoms with Crippen molar-refractivity contribution in [3.05, 3.63) is 65.7 Å². The van der Waals surface area contributed by atoms with Gasteiger partial charge in [0.1, 0.15) is 12.4 Å². The molecule has 0 heterocycles. The van der Waals surface area contributed by atoms with E-state index in [1.165, 1.54) is 62.7 Å². The smallest absolute Gasteiger partial charge is 0.119 e. The molecule has 0 aromatic heterocycles. The molecule has 1 aliphatic rings. The van der Waals surface area contributed by atoms with Crippen molar-refractivity contribution in [3.8, 4) is 5.75 Å². The Balaban J connectivity index is 1.32. The maximum Gasteiger partial charge on any atom is 0.119 e. The van der Waals surface area contributed by atoms with Crippen LogP contribution in [0.15, 0.2) is 54.6 Å². The normalized spacial score (nSPS) is 15.0. The highest BCUT2D eigenvalue weighted by Gasteiger charge is 2.19. The third-order valence-electron chi connectivity index (χ3n) is 5.94. The predicted molar refractivity (Wildman–Crippen MR) is 123 cm³/mol. The number of nitrogens with one attached hydrogen (secondary N) is 1. The first-order valence-corrected chi connectivity index (χ1v) is 11.6. The molecule has 3 heteroatoms. The zero-order valence-electron chi connectivity index (χ0n) is 18.1. The van der Waals surface area contributed by atoms with Gasteiger partial charge in [-0.25, -0.2) is 0 Å². The highest BCUT2D eigenvalue weighted by molar-refractivity contribution is 5.28. The Labute approximate surface area is 177 Å². The summed E-state index contributed by atoms with van der Waals surface area (Å²) in [6.07, 6.45) is 9.40. The van der Waals surface area contributed by atoms with Gasteiger partial charge in [0, 0.05) is 19.1 Å². The van der Waals surface area contributed by atoms with E-state index in [0.29, 0.717) is 6.61 Å². The van der Waals surface area contributed by atoms with E-state index in [2.05, 4.69) is 53.5 Å². The summed E-state index contributed by atoms with van der Waals surface area (Å²) in [5.41, 5.74) is 2.56. The Kier molecular flexibility index (Phi) is 9.55. The van der Waals surface area contributed by atoms with E-state index in [1.807, 2.05) is 18.2 Å². The lowest BCUT2D eigenvalue weighted by atomic mass is 9.94. The molecule has 3 rings (SSSR count). The zero-order valence-corrected chi connectivity index (χ0v) is 18.1. The molecule has 1 saturated carbocycles. The fourth-order valence-electron chi connectivity index (χ4n) is 4.28. The second kappa shape index (κ2) is 12.7. The van der Waals surface area contributed by atoms with Gasteiger partial charge in [-0.15, -0.1) is 0 Å². The van der Waals surface area contributed by atoms with Crippen LogP contribution in [0, 0.1) is 0 Å². The van der Waals surface area contributed by atoms with Crippen LogP contribution >= 0.6 is 0 Å². The Bertz CT molecular complexity index is 665. The monoisotopic (exact) mass is 394 g/mol. The molecule has 2 aromatic carbocycles. The highest BCUT2D eigenvalue weighted by Crippen LogP contribution is 2.22. The van der Waals surface area contributed by atoms with Crippen LogP contribution in [0.5, 0.6) is 5.75 Å². The van der Waals surface area contributed by atoms with Crippen LogP contribution in [0.3, 0.4) is 0 Å². The molecule has 0 amide bonds. The molecular formula is C26H38N2O. The minimum absolute atomic E-state index is 0.622. The van der Waals surface area contributed by atoms with Crippen LogP contribution in [0.1, 0.15) is 56.6 Å². The molecule has 0 bridgehead atoms. The summed E-state index contributed by atoms with van der Waals surface area (Å²) in [5, 5.41) is 3.65. The minimum Gasteiger partial charge on any atom is -0.489 e. The molecule has 0 spiro atoms. The van der Waals surface area contributed by atoms with Crippen LogP contribution in [-0.4, -0.2) is 37.1 Å². The average molecular weight is 395 g/mol. The summed E-state index contributed by atoms with van der Waals surface area (Å²) in [6, 6.07) is 19.7. The lowest BCUT2D eigenvalue weighted by Gasteiger charge is -2.34. The number of hydrogen-bond donors (Lipinski definition) is 1. The molecule has 0 saturated heterocycles. The van der Waals surface area contributed by atoms with Gasteiger partial charge < -0.3 is 10.1 Å². The third kappa shape index (κ3) is 7.83. The summed E-state index contributed by atoms with van der Waals surface area (Å²) in [4.78, 5) is 2.73. The van der Waals surface area contributed by atoms with Crippen molar-refractivity contribution < 1.29 is 4.74 Å². The van der Waals surface area contributed by atoms with Crippen LogP contribution in [0.2, 0.25) is 0 Å². The molecule has 0 radical (unpaired) electrons. The Morgan fingerprint density at radius 1 is 0.862 bits per heavy atom. The van der Waals surface area contributed by atoms with Gasteiger partial charge >= 0.3 is 0 Å². The molecule has 158 valence electrons. The van der Waals surface area contributed by atoms with Gasteiger partial charge in [-0.3, -0.25) is 4.90 Å². The Morgan fingerprint density at radius 3 is 2.34 bits per heavy atom. The first kappa shape index (κ1) is 21.9. The van der Waals surface area contributed by atoms with E-state index in [-0.39, 0.29) is 0 Å². The molecule has 0 unspecified atom stereocenters. The fourth-order valence-corrected chi connectivity index (χ4v) is 4.28. The summed E-state index contributed by atoms with van der Waals surface area (Å²) >= 11 is 0. The summed E-state index contributed by atoms with van der Waals surface area (Å²) in [6.45, 7) is 7.48. The first-order valence-electron chi connectivity index (χ1n) is 11.6. The standard InChI is InChI=1S/C26H38N2O/c1-2-20-28(25-11-7-4-8-12-25)21-19-27-18-17-23-13-15-26(16-14-23)29-22-24-9-5-3-6-10-24/h3,5-6,9-10,13-16,25,27H,2,4,7-8,11-12,17-22H2,1H3. The minimum atomic E-state index is 0.622. The van der Waals surface area contributed by atoms with Crippen molar-refractivity contribution in [2.75, 3.05) is 26.2 Å². The van der Waals surface area contributed by atoms with Crippen LogP contribution in [-0.2, 0) is 13.0 Å². The maximum absolute atomic E-state index is 5.88. The molecule has 2 aromatic rings. The maximum atomic E-state index is 5.88. The van der Waals surface area contributed by atoms with Crippen LogP contribution in [0.4, 0.5) is 0 Å². The van der Waals surface area contributed by atoms with Crippen molar-refractivity contribution in [2.24, 2.45) is 0 Å². The molecule has 0 aliphatic heterocycles. The first-order chi connectivity index (χ1) is 14.3. The highest BCUT2D eigenvalue weighted by atomic mass is 16.5. The van der Waals surface area contributed by atoms with Crippen molar-refractivity contribution in [2.45, 2.75) is 64.5 Å². The van der Waals surface area contributed by atoms with Crippen LogP contribution in [0.25, 0.3) is 0 Å². The molecule has 1 N–H and O–H groups in total. The van der Waals surface area contributed by atoms with Crippen molar-refractivity contribution in [3.63, 3.8) is 0 Å². The molecule has 0 atom stereocenters. The zero-order chi connectivity index (χ0) is 20.2. The second-order valence-electron chi connectivity index (χ2n) is 8.25. The van der Waals surface area contributed by atoms with E-state index in [1.54, 1.807) is 0 Å². The number of ether oxygens (including phenoxy) is 1. The van der Waals surface area contributed by atoms with Gasteiger partial charge in [0.15, 0.2) is 0 Å². The number of rotatable bonds is 12. The summed E-state index contributed by atoms with van der Waals surface area (Å²) in [5.74, 6) is 0.938. The van der Waals surface area contributed by atoms with Gasteiger partial charge in [-0.05, 0) is 62.0 Å². The summed E-state index contributed by atoms with van der Waals surface area (Å²) in [7, 11) is 0. The van der Waals surface area contributed by atoms with Gasteiger partial charge in [-0.1, -0.05) is 68.7 Å². The predicted octanol–water partition coefficient (Wildman–Crippen LogP) is 5.44. The van der Waals surface area contributed by atoms with Gasteiger partial charge in [0.2, 0.25) is 0 Å². The third-order valence-corrected chi connectivity index (χ3v) is 5.94. The molecule has 3 nitrogen and oxygen atoms in total. The van der Waals surface area contributed by atoms with Crippen molar-refractivity contribution in [1.29, 1.82) is 0 Å². The summed E-state index contributed by atoms with van der Waals surface area (Å²) < 4.78 is 5.88. The van der Waals surface area contributed by atoms with Gasteiger partial charge in [0.25, 0.3) is 0 Å². The van der Waals surface area contributed by atoms with E-state index in [9.17, 15) is 0 Å². The van der Waals surface area contributed by atoms with E-state index >= 15 is 0 Å². The van der Waals surface area contributed by atoms with Gasteiger partial charge in [-0.2, -0.15) is 0 Å². The van der Waals surface area contributed by atoms with E-state index < -0.39 is 0 Å². The molecular weight excluding hydrogens is 356 g/mol. The molecule has 29 heavy (non-hydrogen) atoms. The lowest BCUT2D eigenvalue weighted by molar-refractivity contribution is 0.157. The van der Waals surface area contributed by atoms with Crippen molar-refractivity contribution >= 4 is 0 Å². The van der Waals surface area contributed by atoms with E-state index in [0.717, 1.165) is 31.3 Å². The SMILES string of the molecule is CCCN(CCNCCc1ccc(OCc2ccccc2)cc1)C1CCCCC1. The average Bonchev–Trinajstić information content (AvgIpc) is 2.79.